The molecule has 0 spiro atoms. The zero-order valence-electron chi connectivity index (χ0n) is 11.8. The molecule has 1 aliphatic rings. The summed E-state index contributed by atoms with van der Waals surface area (Å²) < 4.78 is 24.2. The van der Waals surface area contributed by atoms with Crippen molar-refractivity contribution < 1.29 is 13.9 Å². The van der Waals surface area contributed by atoms with E-state index in [9.17, 15) is 4.39 Å². The third-order valence-electron chi connectivity index (χ3n) is 3.89. The molecular formula is C15H22FNO2. The van der Waals surface area contributed by atoms with Crippen molar-refractivity contribution in [3.63, 3.8) is 0 Å². The molecule has 0 saturated carbocycles. The molecule has 4 heteroatoms. The van der Waals surface area contributed by atoms with Crippen LogP contribution < -0.4 is 10.5 Å². The van der Waals surface area contributed by atoms with E-state index in [1.165, 1.54) is 7.11 Å². The summed E-state index contributed by atoms with van der Waals surface area (Å²) in [6.07, 6.45) is 0.891. The van der Waals surface area contributed by atoms with Gasteiger partial charge in [-0.2, -0.15) is 0 Å². The van der Waals surface area contributed by atoms with E-state index >= 15 is 0 Å². The van der Waals surface area contributed by atoms with Crippen molar-refractivity contribution in [2.45, 2.75) is 25.7 Å². The van der Waals surface area contributed by atoms with Crippen molar-refractivity contribution in [1.29, 1.82) is 0 Å². The Morgan fingerprint density at radius 2 is 2.11 bits per heavy atom. The molecule has 1 aliphatic heterocycles. The first-order chi connectivity index (χ1) is 8.92. The molecule has 0 bridgehead atoms. The summed E-state index contributed by atoms with van der Waals surface area (Å²) in [7, 11) is 1.47. The van der Waals surface area contributed by atoms with E-state index in [2.05, 4.69) is 13.8 Å². The Bertz CT molecular complexity index is 455. The summed E-state index contributed by atoms with van der Waals surface area (Å²) in [6.45, 7) is 6.12. The highest BCUT2D eigenvalue weighted by atomic mass is 19.1. The lowest BCUT2D eigenvalue weighted by atomic mass is 9.67. The molecular weight excluding hydrogens is 245 g/mol. The first-order valence-electron chi connectivity index (χ1n) is 6.54. The lowest BCUT2D eigenvalue weighted by molar-refractivity contribution is -0.0787. The van der Waals surface area contributed by atoms with E-state index in [1.807, 2.05) is 6.07 Å². The molecule has 106 valence electrons. The van der Waals surface area contributed by atoms with E-state index in [-0.39, 0.29) is 22.4 Å². The molecule has 1 heterocycles. The smallest absolute Gasteiger partial charge is 0.165 e. The fraction of sp³-hybridized carbons (Fsp3) is 0.600. The number of methoxy groups -OCH3 is 1. The minimum atomic E-state index is -0.322. The van der Waals surface area contributed by atoms with Gasteiger partial charge in [0.15, 0.2) is 11.6 Å². The minimum Gasteiger partial charge on any atom is -0.494 e. The Morgan fingerprint density at radius 3 is 2.53 bits per heavy atom. The van der Waals surface area contributed by atoms with Crippen LogP contribution >= 0.6 is 0 Å². The van der Waals surface area contributed by atoms with Crippen molar-refractivity contribution >= 4 is 0 Å². The highest BCUT2D eigenvalue weighted by Crippen LogP contribution is 2.42. The average Bonchev–Trinajstić information content (AvgIpc) is 2.34. The Hall–Kier alpha value is -1.13. The molecule has 0 aromatic heterocycles. The lowest BCUT2D eigenvalue weighted by Crippen LogP contribution is -2.50. The Balaban J connectivity index is 2.29. The molecule has 1 aromatic rings. The first kappa shape index (κ1) is 14.3. The molecule has 2 N–H and O–H groups in total. The van der Waals surface area contributed by atoms with Crippen LogP contribution in [0.2, 0.25) is 0 Å². The van der Waals surface area contributed by atoms with Gasteiger partial charge >= 0.3 is 0 Å². The average molecular weight is 267 g/mol. The maximum atomic E-state index is 13.9. The maximum absolute atomic E-state index is 13.9. The fourth-order valence-corrected chi connectivity index (χ4v) is 2.70. The Labute approximate surface area is 113 Å². The van der Waals surface area contributed by atoms with Gasteiger partial charge in [0.05, 0.1) is 20.3 Å². The third-order valence-corrected chi connectivity index (χ3v) is 3.89. The molecule has 0 atom stereocenters. The zero-order valence-corrected chi connectivity index (χ0v) is 11.8. The van der Waals surface area contributed by atoms with Crippen molar-refractivity contribution in [2.24, 2.45) is 11.1 Å². The lowest BCUT2D eigenvalue weighted by Gasteiger charge is -2.46. The number of rotatable bonds is 5. The standard InChI is InChI=1S/C15H22FNO2/c1-14(2,8-17)7-15(9-19-10-15)11-4-5-13(18-3)12(16)6-11/h4-6H,7-10,17H2,1-3H3. The van der Waals surface area contributed by atoms with Crippen LogP contribution in [-0.4, -0.2) is 26.9 Å². The summed E-state index contributed by atoms with van der Waals surface area (Å²) in [5.74, 6) is -0.0472. The van der Waals surface area contributed by atoms with E-state index in [4.69, 9.17) is 15.2 Å². The topological polar surface area (TPSA) is 44.5 Å². The highest BCUT2D eigenvalue weighted by Gasteiger charge is 2.44. The number of ether oxygens (including phenoxy) is 2. The van der Waals surface area contributed by atoms with E-state index in [0.717, 1.165) is 12.0 Å². The largest absolute Gasteiger partial charge is 0.494 e. The monoisotopic (exact) mass is 267 g/mol. The summed E-state index contributed by atoms with van der Waals surface area (Å²) >= 11 is 0. The molecule has 1 aromatic carbocycles. The van der Waals surface area contributed by atoms with Crippen LogP contribution in [0.1, 0.15) is 25.8 Å². The molecule has 2 rings (SSSR count). The van der Waals surface area contributed by atoms with Crippen molar-refractivity contribution in [3.8, 4) is 5.75 Å². The number of hydrogen-bond donors (Lipinski definition) is 1. The second-order valence-electron chi connectivity index (χ2n) is 6.17. The Morgan fingerprint density at radius 1 is 1.42 bits per heavy atom. The quantitative estimate of drug-likeness (QED) is 0.891. The van der Waals surface area contributed by atoms with Crippen LogP contribution in [0, 0.1) is 11.2 Å². The van der Waals surface area contributed by atoms with Crippen LogP contribution in [0.3, 0.4) is 0 Å². The van der Waals surface area contributed by atoms with E-state index < -0.39 is 0 Å². The number of halogens is 1. The highest BCUT2D eigenvalue weighted by molar-refractivity contribution is 5.35. The molecule has 3 nitrogen and oxygen atoms in total. The van der Waals surface area contributed by atoms with Crippen molar-refractivity contribution in [3.05, 3.63) is 29.6 Å². The van der Waals surface area contributed by atoms with Crippen molar-refractivity contribution in [2.75, 3.05) is 26.9 Å². The molecule has 0 radical (unpaired) electrons. The van der Waals surface area contributed by atoms with E-state index in [0.29, 0.717) is 19.8 Å². The molecule has 19 heavy (non-hydrogen) atoms. The van der Waals surface area contributed by atoms with Gasteiger partial charge in [-0.3, -0.25) is 0 Å². The first-order valence-corrected chi connectivity index (χ1v) is 6.54. The summed E-state index contributed by atoms with van der Waals surface area (Å²) in [5, 5.41) is 0. The van der Waals surface area contributed by atoms with E-state index in [1.54, 1.807) is 12.1 Å². The molecule has 0 unspecified atom stereocenters. The molecule has 0 aliphatic carbocycles. The van der Waals surface area contributed by atoms with Crippen LogP contribution in [0.25, 0.3) is 0 Å². The molecule has 0 amide bonds. The van der Waals surface area contributed by atoms with Crippen LogP contribution in [0.4, 0.5) is 4.39 Å². The minimum absolute atomic E-state index is 0.0141. The normalized spacial score (nSPS) is 17.9. The number of nitrogens with two attached hydrogens (primary N) is 1. The summed E-state index contributed by atoms with van der Waals surface area (Å²) in [6, 6.07) is 5.17. The van der Waals surface area contributed by atoms with Gasteiger partial charge in [0, 0.05) is 5.41 Å². The van der Waals surface area contributed by atoms with Gasteiger partial charge in [-0.1, -0.05) is 19.9 Å². The second kappa shape index (κ2) is 5.10. The summed E-state index contributed by atoms with van der Waals surface area (Å²) in [5.41, 5.74) is 6.68. The van der Waals surface area contributed by atoms with Crippen molar-refractivity contribution in [1.82, 2.24) is 0 Å². The van der Waals surface area contributed by atoms with Gasteiger partial charge in [-0.15, -0.1) is 0 Å². The van der Waals surface area contributed by atoms with Gasteiger partial charge < -0.3 is 15.2 Å². The van der Waals surface area contributed by atoms with Crippen LogP contribution in [-0.2, 0) is 10.2 Å². The SMILES string of the molecule is COc1ccc(C2(CC(C)(C)CN)COC2)cc1F. The predicted octanol–water partition coefficient (Wildman–Crippen LogP) is 2.48. The predicted molar refractivity (Wildman–Crippen MR) is 72.9 cm³/mol. The number of benzene rings is 1. The summed E-state index contributed by atoms with van der Waals surface area (Å²) in [4.78, 5) is 0. The molecule has 1 saturated heterocycles. The van der Waals surface area contributed by atoms with Gasteiger partial charge in [-0.05, 0) is 36.1 Å². The zero-order chi connectivity index (χ0) is 14.1. The number of hydrogen-bond acceptors (Lipinski definition) is 3. The van der Waals surface area contributed by atoms with Crippen LogP contribution in [0.15, 0.2) is 18.2 Å². The third kappa shape index (κ3) is 2.74. The van der Waals surface area contributed by atoms with Gasteiger partial charge in [-0.25, -0.2) is 4.39 Å². The maximum Gasteiger partial charge on any atom is 0.165 e. The van der Waals surface area contributed by atoms with Crippen LogP contribution in [0.5, 0.6) is 5.75 Å². The fourth-order valence-electron chi connectivity index (χ4n) is 2.70. The van der Waals surface area contributed by atoms with Gasteiger partial charge in [0.25, 0.3) is 0 Å². The van der Waals surface area contributed by atoms with Gasteiger partial charge in [0.2, 0.25) is 0 Å². The molecule has 1 fully saturated rings. The Kier molecular flexibility index (Phi) is 3.83. The van der Waals surface area contributed by atoms with Gasteiger partial charge in [0.1, 0.15) is 0 Å². The second-order valence-corrected chi connectivity index (χ2v) is 6.17.